The molecule has 4 heterocycles. The Morgan fingerprint density at radius 1 is 1.09 bits per heavy atom. The molecule has 1 aromatic rings. The highest BCUT2D eigenvalue weighted by atomic mass is 16.5. The highest BCUT2D eigenvalue weighted by molar-refractivity contribution is 5.69. The van der Waals surface area contributed by atoms with E-state index < -0.39 is 0 Å². The van der Waals surface area contributed by atoms with E-state index in [-0.39, 0.29) is 6.09 Å². The zero-order valence-corrected chi connectivity index (χ0v) is 13.8. The summed E-state index contributed by atoms with van der Waals surface area (Å²) >= 11 is 0. The normalized spacial score (nSPS) is 35.0. The number of likely N-dealkylation sites (tertiary alicyclic amines) is 1. The van der Waals surface area contributed by atoms with Crippen molar-refractivity contribution in [2.45, 2.75) is 30.8 Å². The number of hydrogen-bond acceptors (Lipinski definition) is 4. The molecule has 0 aromatic heterocycles. The van der Waals surface area contributed by atoms with Crippen LogP contribution >= 0.6 is 0 Å². The van der Waals surface area contributed by atoms with Crippen LogP contribution < -0.4 is 4.74 Å². The molecule has 2 bridgehead atoms. The van der Waals surface area contributed by atoms with Gasteiger partial charge in [-0.25, -0.2) is 4.79 Å². The second-order valence-corrected chi connectivity index (χ2v) is 6.86. The van der Waals surface area contributed by atoms with Crippen LogP contribution in [0.4, 0.5) is 4.79 Å². The van der Waals surface area contributed by atoms with Crippen molar-refractivity contribution in [1.82, 2.24) is 9.80 Å². The van der Waals surface area contributed by atoms with Gasteiger partial charge in [0.1, 0.15) is 5.75 Å². The maximum absolute atomic E-state index is 12.3. The van der Waals surface area contributed by atoms with Gasteiger partial charge in [-0.15, -0.1) is 0 Å². The second-order valence-electron chi connectivity index (χ2n) is 6.86. The predicted molar refractivity (Wildman–Crippen MR) is 86.7 cm³/mol. The van der Waals surface area contributed by atoms with Crippen LogP contribution in [-0.2, 0) is 4.74 Å². The lowest BCUT2D eigenvalue weighted by molar-refractivity contribution is -0.00487. The fourth-order valence-corrected chi connectivity index (χ4v) is 4.89. The van der Waals surface area contributed by atoms with Gasteiger partial charge in [0.2, 0.25) is 0 Å². The third-order valence-corrected chi connectivity index (χ3v) is 5.95. The Bertz CT molecular complexity index is 580. The van der Waals surface area contributed by atoms with Gasteiger partial charge in [0.15, 0.2) is 0 Å². The van der Waals surface area contributed by atoms with Gasteiger partial charge in [-0.3, -0.25) is 4.90 Å². The number of nitrogens with zero attached hydrogens (tertiary/aromatic N) is 2. The minimum Gasteiger partial charge on any atom is -0.497 e. The molecule has 0 unspecified atom stereocenters. The number of methoxy groups -OCH3 is 2. The first kappa shape index (κ1) is 14.8. The molecule has 4 aliphatic rings. The first-order valence-corrected chi connectivity index (χ1v) is 8.45. The Morgan fingerprint density at radius 3 is 2.39 bits per heavy atom. The Labute approximate surface area is 137 Å². The summed E-state index contributed by atoms with van der Waals surface area (Å²) in [5.41, 5.74) is 1.29. The van der Waals surface area contributed by atoms with Gasteiger partial charge in [0, 0.05) is 18.5 Å². The van der Waals surface area contributed by atoms with Crippen molar-refractivity contribution >= 4 is 6.09 Å². The molecule has 5 heteroatoms. The molecule has 0 saturated carbocycles. The number of amides is 1. The van der Waals surface area contributed by atoms with Gasteiger partial charge in [0.05, 0.1) is 20.3 Å². The molecule has 4 saturated heterocycles. The smallest absolute Gasteiger partial charge is 0.409 e. The van der Waals surface area contributed by atoms with Crippen LogP contribution in [0.15, 0.2) is 24.3 Å². The van der Waals surface area contributed by atoms with E-state index in [9.17, 15) is 4.79 Å². The Kier molecular flexibility index (Phi) is 3.68. The highest BCUT2D eigenvalue weighted by Gasteiger charge is 2.54. The molecule has 1 amide bonds. The molecule has 0 radical (unpaired) electrons. The SMILES string of the molecule is COC(=O)N1C[C@@H](c2ccc(OC)cc2)[C@@H]2[C@H]1C1CCN2CC1. The van der Waals surface area contributed by atoms with Gasteiger partial charge < -0.3 is 14.4 Å². The second kappa shape index (κ2) is 5.71. The Morgan fingerprint density at radius 2 is 1.78 bits per heavy atom. The van der Waals surface area contributed by atoms with Gasteiger partial charge in [-0.1, -0.05) is 12.1 Å². The van der Waals surface area contributed by atoms with Crippen LogP contribution in [0.3, 0.4) is 0 Å². The Balaban J connectivity index is 1.67. The van der Waals surface area contributed by atoms with Gasteiger partial charge in [-0.05, 0) is 49.5 Å². The summed E-state index contributed by atoms with van der Waals surface area (Å²) in [7, 11) is 3.17. The molecule has 0 aliphatic carbocycles. The molecule has 3 atom stereocenters. The summed E-state index contributed by atoms with van der Waals surface area (Å²) in [6.07, 6.45) is 2.22. The maximum Gasteiger partial charge on any atom is 0.409 e. The van der Waals surface area contributed by atoms with Crippen LogP contribution in [0.5, 0.6) is 5.75 Å². The minimum absolute atomic E-state index is 0.176. The number of rotatable bonds is 2. The van der Waals surface area contributed by atoms with E-state index in [1.54, 1.807) is 7.11 Å². The fourth-order valence-electron chi connectivity index (χ4n) is 4.89. The number of carbonyl (C=O) groups excluding carboxylic acids is 1. The average Bonchev–Trinajstić information content (AvgIpc) is 3.05. The molecule has 5 rings (SSSR count). The van der Waals surface area contributed by atoms with Gasteiger partial charge >= 0.3 is 6.09 Å². The van der Waals surface area contributed by atoms with E-state index in [1.807, 2.05) is 17.0 Å². The number of carbonyl (C=O) groups is 1. The fraction of sp³-hybridized carbons (Fsp3) is 0.611. The van der Waals surface area contributed by atoms with Crippen molar-refractivity contribution < 1.29 is 14.3 Å². The zero-order chi connectivity index (χ0) is 16.0. The van der Waals surface area contributed by atoms with E-state index in [1.165, 1.54) is 25.5 Å². The van der Waals surface area contributed by atoms with E-state index >= 15 is 0 Å². The van der Waals surface area contributed by atoms with Gasteiger partial charge in [-0.2, -0.15) is 0 Å². The number of piperidine rings is 3. The first-order valence-electron chi connectivity index (χ1n) is 8.45. The van der Waals surface area contributed by atoms with Crippen molar-refractivity contribution in [1.29, 1.82) is 0 Å². The summed E-state index contributed by atoms with van der Waals surface area (Å²) in [5.74, 6) is 1.85. The van der Waals surface area contributed by atoms with E-state index in [0.29, 0.717) is 23.9 Å². The summed E-state index contributed by atoms with van der Waals surface area (Å²) < 4.78 is 10.3. The highest BCUT2D eigenvalue weighted by Crippen LogP contribution is 2.46. The van der Waals surface area contributed by atoms with Crippen molar-refractivity contribution in [3.05, 3.63) is 29.8 Å². The number of fused-ring (bicyclic) bond motifs is 2. The van der Waals surface area contributed by atoms with E-state index in [4.69, 9.17) is 9.47 Å². The number of hydrogen-bond donors (Lipinski definition) is 0. The molecule has 5 nitrogen and oxygen atoms in total. The predicted octanol–water partition coefficient (Wildman–Crippen LogP) is 2.32. The molecule has 0 N–H and O–H groups in total. The minimum atomic E-state index is -0.176. The third-order valence-electron chi connectivity index (χ3n) is 5.95. The summed E-state index contributed by atoms with van der Waals surface area (Å²) in [6, 6.07) is 9.05. The number of ether oxygens (including phenoxy) is 2. The van der Waals surface area contributed by atoms with Crippen molar-refractivity contribution in [3.63, 3.8) is 0 Å². The molecular weight excluding hydrogens is 292 g/mol. The summed E-state index contributed by atoms with van der Waals surface area (Å²) in [6.45, 7) is 3.07. The van der Waals surface area contributed by atoms with Crippen molar-refractivity contribution in [2.24, 2.45) is 5.92 Å². The average molecular weight is 316 g/mol. The molecule has 1 aromatic carbocycles. The molecular formula is C18H24N2O3. The molecule has 0 spiro atoms. The van der Waals surface area contributed by atoms with Crippen LogP contribution in [0, 0.1) is 5.92 Å². The first-order chi connectivity index (χ1) is 11.2. The van der Waals surface area contributed by atoms with Crippen LogP contribution in [0.2, 0.25) is 0 Å². The van der Waals surface area contributed by atoms with Gasteiger partial charge in [0.25, 0.3) is 0 Å². The largest absolute Gasteiger partial charge is 0.497 e. The quantitative estimate of drug-likeness (QED) is 0.840. The molecule has 23 heavy (non-hydrogen) atoms. The third kappa shape index (κ3) is 2.29. The molecule has 124 valence electrons. The van der Waals surface area contributed by atoms with E-state index in [2.05, 4.69) is 17.0 Å². The van der Waals surface area contributed by atoms with E-state index in [0.717, 1.165) is 25.4 Å². The Hall–Kier alpha value is -1.75. The van der Waals surface area contributed by atoms with Crippen LogP contribution in [0.1, 0.15) is 24.3 Å². The number of benzene rings is 1. The monoisotopic (exact) mass is 316 g/mol. The van der Waals surface area contributed by atoms with Crippen LogP contribution in [0.25, 0.3) is 0 Å². The maximum atomic E-state index is 12.3. The zero-order valence-electron chi connectivity index (χ0n) is 13.8. The summed E-state index contributed by atoms with van der Waals surface area (Å²) in [5, 5.41) is 0. The van der Waals surface area contributed by atoms with Crippen molar-refractivity contribution in [2.75, 3.05) is 33.9 Å². The molecule has 4 aliphatic heterocycles. The lowest BCUT2D eigenvalue weighted by Gasteiger charge is -2.50. The lowest BCUT2D eigenvalue weighted by atomic mass is 9.75. The van der Waals surface area contributed by atoms with Crippen LogP contribution in [-0.4, -0.2) is 61.8 Å². The van der Waals surface area contributed by atoms with Crippen molar-refractivity contribution in [3.8, 4) is 5.75 Å². The molecule has 4 fully saturated rings. The topological polar surface area (TPSA) is 42.0 Å². The lowest BCUT2D eigenvalue weighted by Crippen LogP contribution is -2.60. The standard InChI is InChI=1S/C18H24N2O3/c1-22-14-5-3-12(4-6-14)15-11-20(18(21)23-2)16-13-7-9-19(10-8-13)17(15)16/h3-6,13,15-17H,7-11H2,1-2H3/t15-,16+,17+/m0/s1. The summed E-state index contributed by atoms with van der Waals surface area (Å²) in [4.78, 5) is 16.9.